The Bertz CT molecular complexity index is 453. The monoisotopic (exact) mass is 263 g/mol. The summed E-state index contributed by atoms with van der Waals surface area (Å²) in [4.78, 5) is 14.2. The van der Waals surface area contributed by atoms with Crippen LogP contribution in [0.4, 0.5) is 0 Å². The van der Waals surface area contributed by atoms with Gasteiger partial charge in [0.15, 0.2) is 0 Å². The van der Waals surface area contributed by atoms with E-state index in [1.165, 1.54) is 18.2 Å². The molecule has 0 aromatic heterocycles. The molecule has 4 nitrogen and oxygen atoms in total. The lowest BCUT2D eigenvalue weighted by Gasteiger charge is -2.33. The zero-order valence-corrected chi connectivity index (χ0v) is 11.8. The van der Waals surface area contributed by atoms with E-state index in [9.17, 15) is 4.79 Å². The van der Waals surface area contributed by atoms with Gasteiger partial charge >= 0.3 is 5.97 Å². The predicted molar refractivity (Wildman–Crippen MR) is 73.1 cm³/mol. The Hall–Kier alpha value is -1.39. The maximum absolute atomic E-state index is 12.1. The zero-order valence-electron chi connectivity index (χ0n) is 11.8. The van der Waals surface area contributed by atoms with Crippen LogP contribution in [0.1, 0.15) is 22.7 Å². The van der Waals surface area contributed by atoms with Crippen molar-refractivity contribution in [2.24, 2.45) is 0 Å². The fourth-order valence-corrected chi connectivity index (χ4v) is 2.38. The number of ether oxygens (including phenoxy) is 2. The second-order valence-electron chi connectivity index (χ2n) is 4.92. The summed E-state index contributed by atoms with van der Waals surface area (Å²) in [5, 5.41) is 0. The van der Waals surface area contributed by atoms with Crippen molar-refractivity contribution in [3.8, 4) is 0 Å². The third-order valence-corrected chi connectivity index (χ3v) is 3.68. The summed E-state index contributed by atoms with van der Waals surface area (Å²) in [5.41, 5.74) is 3.42. The summed E-state index contributed by atoms with van der Waals surface area (Å²) < 4.78 is 10.3. The Kier molecular flexibility index (Phi) is 4.56. The molecule has 1 fully saturated rings. The molecule has 0 radical (unpaired) electrons. The molecule has 1 atom stereocenters. The van der Waals surface area contributed by atoms with Crippen molar-refractivity contribution < 1.29 is 14.3 Å². The molecule has 1 unspecified atom stereocenters. The maximum Gasteiger partial charge on any atom is 0.327 e. The van der Waals surface area contributed by atoms with E-state index >= 15 is 0 Å². The van der Waals surface area contributed by atoms with Crippen molar-refractivity contribution in [2.45, 2.75) is 19.9 Å². The molecule has 2 rings (SSSR count). The van der Waals surface area contributed by atoms with Crippen LogP contribution in [0.15, 0.2) is 18.2 Å². The molecular formula is C15H21NO3. The molecule has 0 aliphatic carbocycles. The lowest BCUT2D eigenvalue weighted by molar-refractivity contribution is -0.149. The fraction of sp³-hybridized carbons (Fsp3) is 0.533. The number of carbonyl (C=O) groups excluding carboxylic acids is 1. The van der Waals surface area contributed by atoms with E-state index in [1.807, 2.05) is 6.07 Å². The number of morpholine rings is 1. The van der Waals surface area contributed by atoms with Crippen molar-refractivity contribution in [1.29, 1.82) is 0 Å². The molecule has 0 N–H and O–H groups in total. The molecule has 1 aromatic rings. The van der Waals surface area contributed by atoms with Gasteiger partial charge in [-0.2, -0.15) is 0 Å². The zero-order chi connectivity index (χ0) is 13.8. The smallest absolute Gasteiger partial charge is 0.327 e. The number of benzene rings is 1. The Morgan fingerprint density at radius 2 is 1.95 bits per heavy atom. The van der Waals surface area contributed by atoms with Gasteiger partial charge in [0.2, 0.25) is 0 Å². The molecule has 19 heavy (non-hydrogen) atoms. The Morgan fingerprint density at radius 3 is 2.53 bits per heavy atom. The summed E-state index contributed by atoms with van der Waals surface area (Å²) >= 11 is 0. The van der Waals surface area contributed by atoms with Crippen molar-refractivity contribution in [3.05, 3.63) is 34.9 Å². The van der Waals surface area contributed by atoms with Crippen LogP contribution in [0.2, 0.25) is 0 Å². The van der Waals surface area contributed by atoms with Crippen LogP contribution in [0.25, 0.3) is 0 Å². The van der Waals surface area contributed by atoms with Gasteiger partial charge in [-0.25, -0.2) is 4.79 Å². The Morgan fingerprint density at radius 1 is 1.26 bits per heavy atom. The number of aryl methyl sites for hydroxylation is 2. The first-order chi connectivity index (χ1) is 9.13. The quantitative estimate of drug-likeness (QED) is 0.780. The van der Waals surface area contributed by atoms with Gasteiger partial charge in [-0.05, 0) is 30.5 Å². The highest BCUT2D eigenvalue weighted by Crippen LogP contribution is 2.25. The molecule has 1 saturated heterocycles. The number of nitrogens with zero attached hydrogens (tertiary/aromatic N) is 1. The number of methoxy groups -OCH3 is 1. The molecule has 1 aromatic carbocycles. The summed E-state index contributed by atoms with van der Waals surface area (Å²) in [5.74, 6) is -0.204. The summed E-state index contributed by atoms with van der Waals surface area (Å²) in [6.45, 7) is 6.98. The van der Waals surface area contributed by atoms with Gasteiger partial charge in [0.05, 0.1) is 20.3 Å². The molecule has 0 bridgehead atoms. The minimum Gasteiger partial charge on any atom is -0.468 e. The number of esters is 1. The van der Waals surface area contributed by atoms with E-state index in [4.69, 9.17) is 9.47 Å². The van der Waals surface area contributed by atoms with E-state index in [-0.39, 0.29) is 12.0 Å². The van der Waals surface area contributed by atoms with Crippen molar-refractivity contribution in [2.75, 3.05) is 33.4 Å². The third-order valence-electron chi connectivity index (χ3n) is 3.68. The molecule has 1 aliphatic heterocycles. The molecule has 1 heterocycles. The van der Waals surface area contributed by atoms with Crippen LogP contribution < -0.4 is 0 Å². The van der Waals surface area contributed by atoms with Gasteiger partial charge in [-0.15, -0.1) is 0 Å². The van der Waals surface area contributed by atoms with Crippen LogP contribution in [0, 0.1) is 13.8 Å². The number of hydrogen-bond acceptors (Lipinski definition) is 4. The standard InChI is InChI=1S/C15H21NO3/c1-11-4-5-13(10-12(11)2)14(15(17)18-3)16-6-8-19-9-7-16/h4-5,10,14H,6-9H2,1-3H3. The molecule has 0 amide bonds. The van der Waals surface area contributed by atoms with E-state index in [1.54, 1.807) is 0 Å². The van der Waals surface area contributed by atoms with Gasteiger partial charge in [0.1, 0.15) is 6.04 Å². The van der Waals surface area contributed by atoms with Crippen LogP contribution in [0.5, 0.6) is 0 Å². The minimum absolute atomic E-state index is 0.204. The van der Waals surface area contributed by atoms with Gasteiger partial charge in [0, 0.05) is 13.1 Å². The highest BCUT2D eigenvalue weighted by Gasteiger charge is 2.29. The van der Waals surface area contributed by atoms with Gasteiger partial charge < -0.3 is 9.47 Å². The highest BCUT2D eigenvalue weighted by molar-refractivity contribution is 5.77. The summed E-state index contributed by atoms with van der Waals surface area (Å²) in [6, 6.07) is 5.82. The first-order valence-electron chi connectivity index (χ1n) is 6.60. The van der Waals surface area contributed by atoms with Crippen LogP contribution in [0.3, 0.4) is 0 Å². The second kappa shape index (κ2) is 6.17. The van der Waals surface area contributed by atoms with Crippen molar-refractivity contribution in [3.63, 3.8) is 0 Å². The van der Waals surface area contributed by atoms with Crippen molar-refractivity contribution >= 4 is 5.97 Å². The number of rotatable bonds is 3. The van der Waals surface area contributed by atoms with Crippen molar-refractivity contribution in [1.82, 2.24) is 4.90 Å². The Labute approximate surface area is 114 Å². The molecule has 104 valence electrons. The fourth-order valence-electron chi connectivity index (χ4n) is 2.38. The third kappa shape index (κ3) is 3.14. The minimum atomic E-state index is -0.326. The van der Waals surface area contributed by atoms with Gasteiger partial charge in [-0.3, -0.25) is 4.90 Å². The average molecular weight is 263 g/mol. The first kappa shape index (κ1) is 14.0. The van der Waals surface area contributed by atoms with Crippen LogP contribution in [-0.4, -0.2) is 44.3 Å². The SMILES string of the molecule is COC(=O)C(c1ccc(C)c(C)c1)N1CCOCC1. The summed E-state index contributed by atoms with van der Waals surface area (Å²) in [6.07, 6.45) is 0. The second-order valence-corrected chi connectivity index (χ2v) is 4.92. The number of hydrogen-bond donors (Lipinski definition) is 0. The predicted octanol–water partition coefficient (Wildman–Crippen LogP) is 1.85. The lowest BCUT2D eigenvalue weighted by atomic mass is 9.99. The molecule has 4 heteroatoms. The maximum atomic E-state index is 12.1. The Balaban J connectivity index is 2.30. The van der Waals surface area contributed by atoms with Crippen LogP contribution >= 0.6 is 0 Å². The molecule has 0 spiro atoms. The van der Waals surface area contributed by atoms with Crippen LogP contribution in [-0.2, 0) is 14.3 Å². The molecule has 0 saturated carbocycles. The number of carbonyl (C=O) groups is 1. The highest BCUT2D eigenvalue weighted by atomic mass is 16.5. The normalized spacial score (nSPS) is 18.1. The van der Waals surface area contributed by atoms with E-state index in [2.05, 4.69) is 30.9 Å². The first-order valence-corrected chi connectivity index (χ1v) is 6.60. The lowest BCUT2D eigenvalue weighted by Crippen LogP contribution is -2.42. The molecular weight excluding hydrogens is 242 g/mol. The van der Waals surface area contributed by atoms with Gasteiger partial charge in [0.25, 0.3) is 0 Å². The topological polar surface area (TPSA) is 38.8 Å². The van der Waals surface area contributed by atoms with E-state index in [0.717, 1.165) is 18.7 Å². The summed E-state index contributed by atoms with van der Waals surface area (Å²) in [7, 11) is 1.44. The average Bonchev–Trinajstić information content (AvgIpc) is 2.44. The van der Waals surface area contributed by atoms with Gasteiger partial charge in [-0.1, -0.05) is 18.2 Å². The van der Waals surface area contributed by atoms with E-state index < -0.39 is 0 Å². The van der Waals surface area contributed by atoms with E-state index in [0.29, 0.717) is 13.2 Å². The molecule has 1 aliphatic rings. The largest absolute Gasteiger partial charge is 0.468 e.